The molecule has 2 rings (SSSR count). The summed E-state index contributed by atoms with van der Waals surface area (Å²) in [6.07, 6.45) is 3.72. The molecular weight excluding hydrogens is 342 g/mol. The molecule has 0 amide bonds. The first kappa shape index (κ1) is 22.6. The highest BCUT2D eigenvalue weighted by Gasteiger charge is 2.35. The van der Waals surface area contributed by atoms with E-state index in [0.717, 1.165) is 32.4 Å². The van der Waals surface area contributed by atoms with Crippen molar-refractivity contribution in [1.29, 1.82) is 0 Å². The van der Waals surface area contributed by atoms with Gasteiger partial charge in [0, 0.05) is 37.9 Å². The van der Waals surface area contributed by atoms with Gasteiger partial charge in [-0.25, -0.2) is 0 Å². The maximum absolute atomic E-state index is 5.90. The summed E-state index contributed by atoms with van der Waals surface area (Å²) in [5, 5.41) is 0. The van der Waals surface area contributed by atoms with Crippen LogP contribution in [-0.2, 0) is 18.9 Å². The molecule has 27 heavy (non-hydrogen) atoms. The second-order valence-electron chi connectivity index (χ2n) is 9.54. The molecule has 0 spiro atoms. The van der Waals surface area contributed by atoms with Gasteiger partial charge in [0.05, 0.1) is 43.7 Å². The van der Waals surface area contributed by atoms with E-state index in [1.54, 1.807) is 0 Å². The fourth-order valence-corrected chi connectivity index (χ4v) is 3.14. The fraction of sp³-hybridized carbons (Fsp3) is 0.909. The van der Waals surface area contributed by atoms with Crippen molar-refractivity contribution in [1.82, 2.24) is 4.90 Å². The van der Waals surface area contributed by atoms with Crippen LogP contribution in [0.25, 0.3) is 0 Å². The lowest BCUT2D eigenvalue weighted by Crippen LogP contribution is -2.59. The molecule has 2 fully saturated rings. The molecule has 1 saturated carbocycles. The van der Waals surface area contributed by atoms with Gasteiger partial charge >= 0.3 is 0 Å². The highest BCUT2D eigenvalue weighted by atomic mass is 16.5. The zero-order valence-electron chi connectivity index (χ0n) is 18.2. The molecule has 0 aromatic rings. The Labute approximate surface area is 166 Å². The summed E-state index contributed by atoms with van der Waals surface area (Å²) in [4.78, 5) is 2.43. The van der Waals surface area contributed by atoms with E-state index in [-0.39, 0.29) is 11.1 Å². The van der Waals surface area contributed by atoms with Crippen LogP contribution in [0.4, 0.5) is 0 Å². The van der Waals surface area contributed by atoms with Crippen molar-refractivity contribution in [2.75, 3.05) is 39.5 Å². The van der Waals surface area contributed by atoms with Crippen molar-refractivity contribution in [3.05, 3.63) is 0 Å². The van der Waals surface area contributed by atoms with Crippen molar-refractivity contribution in [2.45, 2.75) is 90.3 Å². The van der Waals surface area contributed by atoms with Crippen molar-refractivity contribution in [3.8, 4) is 11.8 Å². The molecule has 2 aliphatic rings. The van der Waals surface area contributed by atoms with Gasteiger partial charge in [0.1, 0.15) is 6.61 Å². The molecule has 0 bridgehead atoms. The van der Waals surface area contributed by atoms with Gasteiger partial charge in [-0.3, -0.25) is 4.90 Å². The van der Waals surface area contributed by atoms with E-state index >= 15 is 0 Å². The molecule has 1 aliphatic heterocycles. The van der Waals surface area contributed by atoms with Crippen LogP contribution in [0.2, 0.25) is 0 Å². The van der Waals surface area contributed by atoms with E-state index < -0.39 is 0 Å². The number of hydrogen-bond acceptors (Lipinski definition) is 5. The van der Waals surface area contributed by atoms with Gasteiger partial charge in [-0.2, -0.15) is 0 Å². The van der Waals surface area contributed by atoms with Crippen LogP contribution in [0.5, 0.6) is 0 Å². The Hall–Kier alpha value is -0.640. The monoisotopic (exact) mass is 381 g/mol. The molecule has 1 heterocycles. The van der Waals surface area contributed by atoms with Crippen LogP contribution in [0.3, 0.4) is 0 Å². The van der Waals surface area contributed by atoms with Crippen molar-refractivity contribution in [3.63, 3.8) is 0 Å². The Balaban J connectivity index is 1.35. The van der Waals surface area contributed by atoms with Gasteiger partial charge in [-0.1, -0.05) is 11.8 Å². The number of hydrogen-bond donors (Lipinski definition) is 0. The van der Waals surface area contributed by atoms with Crippen LogP contribution in [0.15, 0.2) is 0 Å². The Morgan fingerprint density at radius 1 is 0.815 bits per heavy atom. The Bertz CT molecular complexity index is 485. The standard InChI is InChI=1S/C22H39NO4/c1-21(2,3)23-16-20(17-23)26-13-12-24-10-8-7-9-11-25-18-14-19(15-18)27-22(4,5)6/h18-20H,8,10-17H2,1-6H3. The quantitative estimate of drug-likeness (QED) is 0.453. The average molecular weight is 382 g/mol. The molecule has 1 aliphatic carbocycles. The summed E-state index contributed by atoms with van der Waals surface area (Å²) >= 11 is 0. The summed E-state index contributed by atoms with van der Waals surface area (Å²) in [5.74, 6) is 6.17. The molecule has 5 nitrogen and oxygen atoms in total. The van der Waals surface area contributed by atoms with Crippen LogP contribution < -0.4 is 0 Å². The third-order valence-electron chi connectivity index (χ3n) is 4.84. The van der Waals surface area contributed by atoms with Gasteiger partial charge in [-0.15, -0.1) is 0 Å². The normalized spacial score (nSPS) is 24.1. The predicted octanol–water partition coefficient (Wildman–Crippen LogP) is 3.26. The maximum atomic E-state index is 5.90. The molecule has 0 unspecified atom stereocenters. The molecule has 1 saturated heterocycles. The first-order chi connectivity index (χ1) is 12.6. The molecule has 0 radical (unpaired) electrons. The number of rotatable bonds is 9. The molecule has 0 N–H and O–H groups in total. The second-order valence-corrected chi connectivity index (χ2v) is 9.54. The van der Waals surface area contributed by atoms with Gasteiger partial charge < -0.3 is 18.9 Å². The molecule has 0 aromatic carbocycles. The maximum Gasteiger partial charge on any atom is 0.108 e. The second kappa shape index (κ2) is 10.2. The number of likely N-dealkylation sites (tertiary alicyclic amines) is 1. The first-order valence-corrected chi connectivity index (χ1v) is 10.3. The van der Waals surface area contributed by atoms with Crippen molar-refractivity contribution in [2.24, 2.45) is 0 Å². The van der Waals surface area contributed by atoms with Gasteiger partial charge in [0.15, 0.2) is 0 Å². The van der Waals surface area contributed by atoms with E-state index in [4.69, 9.17) is 18.9 Å². The van der Waals surface area contributed by atoms with E-state index in [1.807, 2.05) is 0 Å². The minimum absolute atomic E-state index is 0.0643. The minimum Gasteiger partial charge on any atom is -0.378 e. The lowest BCUT2D eigenvalue weighted by molar-refractivity contribution is -0.144. The van der Waals surface area contributed by atoms with E-state index in [0.29, 0.717) is 44.7 Å². The highest BCUT2D eigenvalue weighted by molar-refractivity contribution is 4.99. The van der Waals surface area contributed by atoms with Crippen molar-refractivity contribution >= 4 is 0 Å². The lowest BCUT2D eigenvalue weighted by Gasteiger charge is -2.47. The third-order valence-corrected chi connectivity index (χ3v) is 4.84. The number of ether oxygens (including phenoxy) is 4. The largest absolute Gasteiger partial charge is 0.378 e. The van der Waals surface area contributed by atoms with Gasteiger partial charge in [-0.05, 0) is 41.5 Å². The van der Waals surface area contributed by atoms with Crippen LogP contribution in [-0.4, -0.2) is 73.9 Å². The summed E-state index contributed by atoms with van der Waals surface area (Å²) in [7, 11) is 0. The summed E-state index contributed by atoms with van der Waals surface area (Å²) in [6.45, 7) is 17.5. The highest BCUT2D eigenvalue weighted by Crippen LogP contribution is 2.29. The van der Waals surface area contributed by atoms with Gasteiger partial charge in [0.2, 0.25) is 0 Å². The molecule has 156 valence electrons. The van der Waals surface area contributed by atoms with Crippen LogP contribution >= 0.6 is 0 Å². The zero-order valence-corrected chi connectivity index (χ0v) is 18.2. The topological polar surface area (TPSA) is 40.2 Å². The van der Waals surface area contributed by atoms with Crippen LogP contribution in [0, 0.1) is 11.8 Å². The Kier molecular flexibility index (Phi) is 8.58. The molecule has 5 heteroatoms. The lowest BCUT2D eigenvalue weighted by atomic mass is 9.91. The van der Waals surface area contributed by atoms with E-state index in [1.165, 1.54) is 0 Å². The van der Waals surface area contributed by atoms with E-state index in [2.05, 4.69) is 58.3 Å². The number of nitrogens with zero attached hydrogens (tertiary/aromatic N) is 1. The smallest absolute Gasteiger partial charge is 0.108 e. The Morgan fingerprint density at radius 2 is 1.52 bits per heavy atom. The summed E-state index contributed by atoms with van der Waals surface area (Å²) in [5.41, 5.74) is 0.185. The predicted molar refractivity (Wildman–Crippen MR) is 108 cm³/mol. The summed E-state index contributed by atoms with van der Waals surface area (Å²) in [6, 6.07) is 0. The molecule has 0 atom stereocenters. The SMILES string of the molecule is CC(C)(C)OC1CC(OCC#CCCOCCOC2CN(C(C)(C)C)C2)C1. The molecular formula is C22H39NO4. The fourth-order valence-electron chi connectivity index (χ4n) is 3.14. The zero-order chi connectivity index (χ0) is 19.9. The van der Waals surface area contributed by atoms with Gasteiger partial charge in [0.25, 0.3) is 0 Å². The van der Waals surface area contributed by atoms with E-state index in [9.17, 15) is 0 Å². The Morgan fingerprint density at radius 3 is 2.15 bits per heavy atom. The minimum atomic E-state index is -0.0643. The average Bonchev–Trinajstić information content (AvgIpc) is 2.45. The third kappa shape index (κ3) is 8.93. The van der Waals surface area contributed by atoms with Crippen LogP contribution in [0.1, 0.15) is 60.8 Å². The summed E-state index contributed by atoms with van der Waals surface area (Å²) < 4.78 is 23.0. The first-order valence-electron chi connectivity index (χ1n) is 10.3. The van der Waals surface area contributed by atoms with Crippen molar-refractivity contribution < 1.29 is 18.9 Å². The molecule has 0 aromatic heterocycles.